The van der Waals surface area contributed by atoms with Gasteiger partial charge in [0, 0.05) is 33.2 Å². The van der Waals surface area contributed by atoms with E-state index in [0.717, 1.165) is 39.0 Å². The number of fused-ring (bicyclic) bond motifs is 3. The van der Waals surface area contributed by atoms with Gasteiger partial charge in [0.2, 0.25) is 0 Å². The Balaban J connectivity index is 1.11. The summed E-state index contributed by atoms with van der Waals surface area (Å²) in [5.74, 6) is 0. The van der Waals surface area contributed by atoms with Crippen LogP contribution < -0.4 is 4.90 Å². The van der Waals surface area contributed by atoms with Crippen LogP contribution in [-0.4, -0.2) is 0 Å². The number of furan rings is 1. The Hall–Kier alpha value is -6.64. The third-order valence-electron chi connectivity index (χ3n) is 10.6. The molecule has 8 aromatic carbocycles. The normalized spacial score (nSPS) is 11.6. The minimum atomic E-state index is -0.0868. The smallest absolute Gasteiger partial charge is 0.135 e. The quantitative estimate of drug-likeness (QED) is 0.159. The van der Waals surface area contributed by atoms with Crippen molar-refractivity contribution in [3.63, 3.8) is 0 Å². The molecule has 1 heterocycles. The second-order valence-corrected chi connectivity index (χ2v) is 14.2. The Morgan fingerprint density at radius 1 is 0.340 bits per heavy atom. The zero-order valence-electron chi connectivity index (χ0n) is 29.9. The monoisotopic (exact) mass is 681 g/mol. The van der Waals surface area contributed by atoms with Crippen molar-refractivity contribution < 1.29 is 4.42 Å². The van der Waals surface area contributed by atoms with Crippen LogP contribution >= 0.6 is 0 Å². The van der Waals surface area contributed by atoms with Gasteiger partial charge in [-0.15, -0.1) is 0 Å². The molecule has 2 nitrogen and oxygen atoms in total. The van der Waals surface area contributed by atoms with Gasteiger partial charge in [-0.1, -0.05) is 159 Å². The minimum absolute atomic E-state index is 0.0868. The molecule has 0 bridgehead atoms. The fourth-order valence-corrected chi connectivity index (χ4v) is 7.50. The number of anilines is 3. The lowest BCUT2D eigenvalue weighted by Crippen LogP contribution is -2.18. The van der Waals surface area contributed by atoms with Crippen molar-refractivity contribution in [2.75, 3.05) is 4.90 Å². The Morgan fingerprint density at radius 3 is 1.26 bits per heavy atom. The van der Waals surface area contributed by atoms with Gasteiger partial charge < -0.3 is 9.32 Å². The van der Waals surface area contributed by atoms with Crippen molar-refractivity contribution >= 4 is 39.0 Å². The molecule has 53 heavy (non-hydrogen) atoms. The molecule has 0 saturated carbocycles. The van der Waals surface area contributed by atoms with Gasteiger partial charge >= 0.3 is 0 Å². The first-order chi connectivity index (χ1) is 26.0. The van der Waals surface area contributed by atoms with Crippen LogP contribution in [-0.2, 0) is 5.41 Å². The van der Waals surface area contributed by atoms with Gasteiger partial charge in [0.05, 0.1) is 0 Å². The van der Waals surface area contributed by atoms with Gasteiger partial charge in [-0.05, 0) is 99.1 Å². The first-order valence-electron chi connectivity index (χ1n) is 18.3. The standard InChI is InChI=1S/C51H39NO/c1-51(2,42-16-10-5-11-17-42)43-25-18-40(19-26-43)41-24-32-49-47(34-41)48-35-46(31-33-50(48)53-49)52(44-27-20-38(21-28-44)36-12-6-3-7-13-36)45-29-22-39(23-30-45)37-14-8-4-9-15-37/h3-35H,1-2H3. The second-order valence-electron chi connectivity index (χ2n) is 14.2. The van der Waals surface area contributed by atoms with E-state index in [2.05, 4.69) is 219 Å². The van der Waals surface area contributed by atoms with Crippen LogP contribution in [0.2, 0.25) is 0 Å². The number of nitrogens with zero attached hydrogens (tertiary/aromatic N) is 1. The summed E-state index contributed by atoms with van der Waals surface area (Å²) in [6, 6.07) is 71.6. The maximum absolute atomic E-state index is 6.41. The first-order valence-corrected chi connectivity index (χ1v) is 18.3. The van der Waals surface area contributed by atoms with Gasteiger partial charge in [0.25, 0.3) is 0 Å². The third-order valence-corrected chi connectivity index (χ3v) is 10.6. The van der Waals surface area contributed by atoms with Gasteiger partial charge in [0.1, 0.15) is 11.2 Å². The van der Waals surface area contributed by atoms with Crippen LogP contribution in [0.15, 0.2) is 205 Å². The molecule has 0 radical (unpaired) electrons. The van der Waals surface area contributed by atoms with Gasteiger partial charge in [0.15, 0.2) is 0 Å². The van der Waals surface area contributed by atoms with E-state index in [9.17, 15) is 0 Å². The van der Waals surface area contributed by atoms with Crippen LogP contribution in [0.3, 0.4) is 0 Å². The molecule has 0 saturated heterocycles. The highest BCUT2D eigenvalue weighted by Crippen LogP contribution is 2.41. The molecule has 9 rings (SSSR count). The summed E-state index contributed by atoms with van der Waals surface area (Å²) in [6.45, 7) is 4.58. The molecule has 0 amide bonds. The van der Waals surface area contributed by atoms with E-state index in [1.165, 1.54) is 44.5 Å². The highest BCUT2D eigenvalue weighted by atomic mass is 16.3. The molecule has 0 fully saturated rings. The van der Waals surface area contributed by atoms with E-state index in [1.807, 2.05) is 0 Å². The largest absolute Gasteiger partial charge is 0.456 e. The molecule has 0 aliphatic rings. The zero-order chi connectivity index (χ0) is 35.8. The molecule has 0 aliphatic carbocycles. The SMILES string of the molecule is CC(C)(c1ccccc1)c1ccc(-c2ccc3oc4ccc(N(c5ccc(-c6ccccc6)cc5)c5ccc(-c6ccccc6)cc5)cc4c3c2)cc1. The topological polar surface area (TPSA) is 16.4 Å². The summed E-state index contributed by atoms with van der Waals surface area (Å²) in [4.78, 5) is 2.33. The fraction of sp³-hybridized carbons (Fsp3) is 0.0588. The van der Waals surface area contributed by atoms with E-state index in [4.69, 9.17) is 4.42 Å². The van der Waals surface area contributed by atoms with Crippen LogP contribution in [0.4, 0.5) is 17.1 Å². The Kier molecular flexibility index (Phi) is 8.21. The summed E-state index contributed by atoms with van der Waals surface area (Å²) >= 11 is 0. The summed E-state index contributed by atoms with van der Waals surface area (Å²) in [5.41, 5.74) is 14.6. The Morgan fingerprint density at radius 2 is 0.717 bits per heavy atom. The lowest BCUT2D eigenvalue weighted by Gasteiger charge is -2.26. The lowest BCUT2D eigenvalue weighted by atomic mass is 9.78. The molecule has 254 valence electrons. The van der Waals surface area contributed by atoms with Gasteiger partial charge in [-0.3, -0.25) is 0 Å². The predicted molar refractivity (Wildman–Crippen MR) is 223 cm³/mol. The average molecular weight is 682 g/mol. The molecule has 0 aliphatic heterocycles. The van der Waals surface area contributed by atoms with Crippen LogP contribution in [0, 0.1) is 0 Å². The summed E-state index contributed by atoms with van der Waals surface area (Å²) in [6.07, 6.45) is 0. The molecule has 0 N–H and O–H groups in total. The number of rotatable bonds is 8. The van der Waals surface area contributed by atoms with Crippen molar-refractivity contribution in [2.45, 2.75) is 19.3 Å². The predicted octanol–water partition coefficient (Wildman–Crippen LogP) is 14.4. The fourth-order valence-electron chi connectivity index (χ4n) is 7.50. The molecule has 0 atom stereocenters. The summed E-state index contributed by atoms with van der Waals surface area (Å²) < 4.78 is 6.41. The maximum Gasteiger partial charge on any atom is 0.135 e. The van der Waals surface area contributed by atoms with Crippen molar-refractivity contribution in [2.24, 2.45) is 0 Å². The van der Waals surface area contributed by atoms with E-state index in [1.54, 1.807) is 0 Å². The molecule has 0 spiro atoms. The van der Waals surface area contributed by atoms with E-state index in [-0.39, 0.29) is 5.41 Å². The summed E-state index contributed by atoms with van der Waals surface area (Å²) in [7, 11) is 0. The van der Waals surface area contributed by atoms with Crippen LogP contribution in [0.5, 0.6) is 0 Å². The molecule has 9 aromatic rings. The molecule has 2 heteroatoms. The van der Waals surface area contributed by atoms with E-state index >= 15 is 0 Å². The van der Waals surface area contributed by atoms with E-state index < -0.39 is 0 Å². The zero-order valence-corrected chi connectivity index (χ0v) is 29.9. The summed E-state index contributed by atoms with van der Waals surface area (Å²) in [5, 5.41) is 2.19. The molecule has 1 aromatic heterocycles. The highest BCUT2D eigenvalue weighted by Gasteiger charge is 2.23. The second kappa shape index (κ2) is 13.5. The number of benzene rings is 8. The minimum Gasteiger partial charge on any atom is -0.456 e. The number of hydrogen-bond acceptors (Lipinski definition) is 2. The van der Waals surface area contributed by atoms with E-state index in [0.29, 0.717) is 0 Å². The molecular formula is C51H39NO. The van der Waals surface area contributed by atoms with Crippen LogP contribution in [0.1, 0.15) is 25.0 Å². The van der Waals surface area contributed by atoms with Crippen molar-refractivity contribution in [3.8, 4) is 33.4 Å². The maximum atomic E-state index is 6.41. The molecular weight excluding hydrogens is 643 g/mol. The third kappa shape index (κ3) is 6.19. The van der Waals surface area contributed by atoms with Crippen molar-refractivity contribution in [1.82, 2.24) is 0 Å². The average Bonchev–Trinajstić information content (AvgIpc) is 3.60. The van der Waals surface area contributed by atoms with Gasteiger partial charge in [-0.2, -0.15) is 0 Å². The van der Waals surface area contributed by atoms with Crippen molar-refractivity contribution in [1.29, 1.82) is 0 Å². The van der Waals surface area contributed by atoms with Crippen LogP contribution in [0.25, 0.3) is 55.3 Å². The Bertz CT molecular complexity index is 2560. The molecule has 0 unspecified atom stereocenters. The number of hydrogen-bond donors (Lipinski definition) is 0. The Labute approximate surface area is 311 Å². The first kappa shape index (κ1) is 32.3. The van der Waals surface area contributed by atoms with Crippen molar-refractivity contribution in [3.05, 3.63) is 211 Å². The lowest BCUT2D eigenvalue weighted by molar-refractivity contribution is 0.641. The highest BCUT2D eigenvalue weighted by molar-refractivity contribution is 6.08. The van der Waals surface area contributed by atoms with Gasteiger partial charge in [-0.25, -0.2) is 0 Å².